The summed E-state index contributed by atoms with van der Waals surface area (Å²) < 4.78 is 4.82. The smallest absolute Gasteiger partial charge is 0.336 e. The summed E-state index contributed by atoms with van der Waals surface area (Å²) in [4.78, 5) is 26.7. The van der Waals surface area contributed by atoms with Crippen LogP contribution in [-0.2, 0) is 14.3 Å². The maximum Gasteiger partial charge on any atom is 0.336 e. The van der Waals surface area contributed by atoms with E-state index in [4.69, 9.17) is 11.3 Å². The molecule has 24 heavy (non-hydrogen) atoms. The fourth-order valence-corrected chi connectivity index (χ4v) is 1.87. The van der Waals surface area contributed by atoms with Crippen LogP contribution in [0.3, 0.4) is 0 Å². The number of hydrogen-bond acceptors (Lipinski definition) is 3. The van der Waals surface area contributed by atoms with E-state index >= 15 is 0 Å². The Balaban J connectivity index is 2.70. The third-order valence-corrected chi connectivity index (χ3v) is 3.20. The minimum absolute atomic E-state index is 0.0263. The first-order valence-electron chi connectivity index (χ1n) is 7.91. The summed E-state index contributed by atoms with van der Waals surface area (Å²) in [7, 11) is 0. The summed E-state index contributed by atoms with van der Waals surface area (Å²) in [6.45, 7) is 15.3. The van der Waals surface area contributed by atoms with Crippen molar-refractivity contribution in [1.29, 1.82) is 0 Å². The van der Waals surface area contributed by atoms with Crippen molar-refractivity contribution in [3.05, 3.63) is 46.9 Å². The van der Waals surface area contributed by atoms with Crippen LogP contribution < -0.4 is 5.32 Å². The summed E-state index contributed by atoms with van der Waals surface area (Å²) in [5.74, 6) is -0.659. The fraction of sp³-hybridized carbons (Fsp3) is 0.421. The van der Waals surface area contributed by atoms with Crippen molar-refractivity contribution in [1.82, 2.24) is 0 Å². The molecule has 1 aromatic carbocycles. The molecule has 0 saturated heterocycles. The molecule has 5 heteroatoms. The Kier molecular flexibility index (Phi) is 7.19. The lowest BCUT2D eigenvalue weighted by atomic mass is 9.90. The monoisotopic (exact) mass is 328 g/mol. The summed E-state index contributed by atoms with van der Waals surface area (Å²) in [6, 6.07) is 6.97. The third-order valence-electron chi connectivity index (χ3n) is 3.20. The van der Waals surface area contributed by atoms with Crippen molar-refractivity contribution >= 4 is 23.6 Å². The molecule has 0 aliphatic rings. The molecule has 0 aliphatic heterocycles. The van der Waals surface area contributed by atoms with Crippen LogP contribution in [0.15, 0.2) is 30.0 Å². The minimum Gasteiger partial charge on any atom is -0.471 e. The van der Waals surface area contributed by atoms with Gasteiger partial charge in [-0.05, 0) is 42.5 Å². The van der Waals surface area contributed by atoms with E-state index in [1.807, 2.05) is 0 Å². The second-order valence-electron chi connectivity index (χ2n) is 6.59. The molecule has 1 amide bonds. The Morgan fingerprint density at radius 2 is 1.88 bits per heavy atom. The van der Waals surface area contributed by atoms with Crippen LogP contribution in [0.2, 0.25) is 0 Å². The first-order valence-corrected chi connectivity index (χ1v) is 7.91. The molecule has 0 atom stereocenters. The van der Waals surface area contributed by atoms with Gasteiger partial charge in [0.05, 0.1) is 13.2 Å². The summed E-state index contributed by atoms with van der Waals surface area (Å²) in [5, 5.41) is 2.84. The fourth-order valence-electron chi connectivity index (χ4n) is 1.87. The molecule has 1 aromatic rings. The van der Waals surface area contributed by atoms with Crippen LogP contribution in [0.25, 0.3) is 10.9 Å². The molecule has 128 valence electrons. The van der Waals surface area contributed by atoms with Gasteiger partial charge in [-0.1, -0.05) is 32.9 Å². The van der Waals surface area contributed by atoms with E-state index in [1.54, 1.807) is 31.2 Å². The van der Waals surface area contributed by atoms with E-state index in [0.29, 0.717) is 17.7 Å². The van der Waals surface area contributed by atoms with Crippen molar-refractivity contribution in [2.24, 2.45) is 5.41 Å². The van der Waals surface area contributed by atoms with Crippen molar-refractivity contribution in [2.75, 3.05) is 11.9 Å². The summed E-state index contributed by atoms with van der Waals surface area (Å²) >= 11 is 0. The van der Waals surface area contributed by atoms with Crippen LogP contribution in [0.1, 0.15) is 46.1 Å². The van der Waals surface area contributed by atoms with Crippen molar-refractivity contribution in [3.8, 4) is 0 Å². The number of nitrogens with one attached hydrogen (secondary N) is 1. The number of esters is 1. The molecular formula is C19H24N2O3. The number of anilines is 1. The average molecular weight is 328 g/mol. The van der Waals surface area contributed by atoms with Gasteiger partial charge in [-0.15, -0.1) is 0 Å². The van der Waals surface area contributed by atoms with Gasteiger partial charge >= 0.3 is 5.97 Å². The normalized spacial score (nSPS) is 11.5. The molecule has 0 bridgehead atoms. The maximum atomic E-state index is 11.9. The predicted molar refractivity (Wildman–Crippen MR) is 95.0 cm³/mol. The Morgan fingerprint density at radius 1 is 1.25 bits per heavy atom. The zero-order chi connectivity index (χ0) is 18.2. The lowest BCUT2D eigenvalue weighted by Gasteiger charge is -2.17. The number of benzene rings is 1. The Labute approximate surface area is 143 Å². The first kappa shape index (κ1) is 19.4. The number of hydrogen-bond donors (Lipinski definition) is 1. The van der Waals surface area contributed by atoms with Gasteiger partial charge in [0.2, 0.25) is 5.91 Å². The third kappa shape index (κ3) is 7.10. The van der Waals surface area contributed by atoms with Crippen molar-refractivity contribution in [3.63, 3.8) is 0 Å². The molecule has 0 radical (unpaired) electrons. The Bertz CT molecular complexity index is 647. The van der Waals surface area contributed by atoms with Crippen LogP contribution in [-0.4, -0.2) is 18.5 Å². The zero-order valence-electron chi connectivity index (χ0n) is 14.7. The lowest BCUT2D eigenvalue weighted by Crippen LogP contribution is -2.15. The highest BCUT2D eigenvalue weighted by atomic mass is 16.5. The summed E-state index contributed by atoms with van der Waals surface area (Å²) in [5.41, 5.74) is 1.43. The largest absolute Gasteiger partial charge is 0.471 e. The molecule has 5 nitrogen and oxygen atoms in total. The standard InChI is InChI=1S/C19H24N2O3/c1-6-24-18(23)16(20-5)13-14-7-9-15(10-8-14)21-17(22)11-12-19(2,3)4/h7-10,13H,6,11-12H2,1-4H3,(H,21,22)/b16-13-. The zero-order valence-corrected chi connectivity index (χ0v) is 14.7. The molecule has 1 rings (SSSR count). The van der Waals surface area contributed by atoms with Crippen LogP contribution in [0, 0.1) is 12.0 Å². The van der Waals surface area contributed by atoms with Crippen LogP contribution >= 0.6 is 0 Å². The molecule has 0 unspecified atom stereocenters. The van der Waals surface area contributed by atoms with E-state index in [0.717, 1.165) is 6.42 Å². The minimum atomic E-state index is -0.632. The summed E-state index contributed by atoms with van der Waals surface area (Å²) in [6.07, 6.45) is 2.75. The van der Waals surface area contributed by atoms with Gasteiger partial charge in [0.25, 0.3) is 5.70 Å². The molecule has 0 aromatic heterocycles. The Hall–Kier alpha value is -2.61. The number of rotatable bonds is 6. The van der Waals surface area contributed by atoms with Gasteiger partial charge in [0.1, 0.15) is 0 Å². The van der Waals surface area contributed by atoms with Gasteiger partial charge in [-0.25, -0.2) is 4.85 Å². The number of ether oxygens (including phenoxy) is 1. The van der Waals surface area contributed by atoms with E-state index < -0.39 is 5.97 Å². The van der Waals surface area contributed by atoms with Crippen LogP contribution in [0.4, 0.5) is 5.69 Å². The molecule has 0 spiro atoms. The highest BCUT2D eigenvalue weighted by molar-refractivity contribution is 5.95. The van der Waals surface area contributed by atoms with Gasteiger partial charge in [0, 0.05) is 12.1 Å². The van der Waals surface area contributed by atoms with Gasteiger partial charge in [0.15, 0.2) is 0 Å². The van der Waals surface area contributed by atoms with E-state index in [9.17, 15) is 9.59 Å². The van der Waals surface area contributed by atoms with E-state index in [2.05, 4.69) is 30.9 Å². The molecule has 0 heterocycles. The molecule has 0 aliphatic carbocycles. The number of nitrogens with zero attached hydrogens (tertiary/aromatic N) is 1. The van der Waals surface area contributed by atoms with Gasteiger partial charge < -0.3 is 10.1 Å². The molecule has 1 N–H and O–H groups in total. The second-order valence-corrected chi connectivity index (χ2v) is 6.59. The molecule has 0 fully saturated rings. The average Bonchev–Trinajstić information content (AvgIpc) is 2.51. The van der Waals surface area contributed by atoms with E-state index in [1.165, 1.54) is 6.08 Å². The quantitative estimate of drug-likeness (QED) is 0.482. The SMILES string of the molecule is [C-]#[N+]/C(=C\c1ccc(NC(=O)CCC(C)(C)C)cc1)C(=O)OCC. The Morgan fingerprint density at radius 3 is 2.38 bits per heavy atom. The molecule has 0 saturated carbocycles. The second kappa shape index (κ2) is 8.88. The van der Waals surface area contributed by atoms with Gasteiger partial charge in [-0.2, -0.15) is 0 Å². The first-order chi connectivity index (χ1) is 11.2. The van der Waals surface area contributed by atoms with Gasteiger partial charge in [-0.3, -0.25) is 9.59 Å². The highest BCUT2D eigenvalue weighted by Gasteiger charge is 2.13. The molecular weight excluding hydrogens is 304 g/mol. The van der Waals surface area contributed by atoms with Crippen LogP contribution in [0.5, 0.6) is 0 Å². The predicted octanol–water partition coefficient (Wildman–Crippen LogP) is 4.27. The number of carbonyl (C=O) groups is 2. The highest BCUT2D eigenvalue weighted by Crippen LogP contribution is 2.21. The van der Waals surface area contributed by atoms with E-state index in [-0.39, 0.29) is 23.6 Å². The van der Waals surface area contributed by atoms with Crippen molar-refractivity contribution in [2.45, 2.75) is 40.5 Å². The maximum absolute atomic E-state index is 11.9. The number of amides is 1. The number of carbonyl (C=O) groups excluding carboxylic acids is 2. The lowest BCUT2D eigenvalue weighted by molar-refractivity contribution is -0.138. The topological polar surface area (TPSA) is 59.8 Å². The van der Waals surface area contributed by atoms with Crippen molar-refractivity contribution < 1.29 is 14.3 Å².